The Morgan fingerprint density at radius 1 is 1.18 bits per heavy atom. The Labute approximate surface area is 131 Å². The second-order valence-corrected chi connectivity index (χ2v) is 6.23. The summed E-state index contributed by atoms with van der Waals surface area (Å²) in [6.07, 6.45) is 2.17. The highest BCUT2D eigenvalue weighted by atomic mass is 16.5. The van der Waals surface area contributed by atoms with Crippen LogP contribution in [0.1, 0.15) is 37.0 Å². The van der Waals surface area contributed by atoms with Gasteiger partial charge in [0.05, 0.1) is 6.10 Å². The number of benzene rings is 2. The Morgan fingerprint density at radius 2 is 1.95 bits per heavy atom. The van der Waals surface area contributed by atoms with E-state index < -0.39 is 0 Å². The highest BCUT2D eigenvalue weighted by Gasteiger charge is 2.24. The first kappa shape index (κ1) is 15.0. The van der Waals surface area contributed by atoms with Crippen molar-refractivity contribution in [2.45, 2.75) is 32.8 Å². The molecule has 0 spiro atoms. The van der Waals surface area contributed by atoms with Gasteiger partial charge in [-0.25, -0.2) is 0 Å². The minimum atomic E-state index is 0.0917. The number of hydrogen-bond acceptors (Lipinski definition) is 3. The normalized spacial score (nSPS) is 18.6. The Morgan fingerprint density at radius 3 is 2.64 bits per heavy atom. The van der Waals surface area contributed by atoms with Crippen molar-refractivity contribution in [3.63, 3.8) is 0 Å². The molecule has 3 heteroatoms. The molecule has 0 amide bonds. The van der Waals surface area contributed by atoms with Crippen molar-refractivity contribution < 1.29 is 9.53 Å². The van der Waals surface area contributed by atoms with Gasteiger partial charge in [-0.1, -0.05) is 24.3 Å². The average molecular weight is 297 g/mol. The number of piperidine rings is 1. The quantitative estimate of drug-likeness (QED) is 0.872. The van der Waals surface area contributed by atoms with Crippen LogP contribution in [0, 0.1) is 5.92 Å². The van der Waals surface area contributed by atoms with Crippen LogP contribution in [0.5, 0.6) is 5.75 Å². The zero-order chi connectivity index (χ0) is 15.5. The van der Waals surface area contributed by atoms with E-state index >= 15 is 0 Å². The minimum absolute atomic E-state index is 0.0917. The minimum Gasteiger partial charge on any atom is -0.490 e. The van der Waals surface area contributed by atoms with Gasteiger partial charge in [-0.15, -0.1) is 0 Å². The largest absolute Gasteiger partial charge is 0.490 e. The number of ether oxygens (including phenoxy) is 1. The summed E-state index contributed by atoms with van der Waals surface area (Å²) in [4.78, 5) is 12.9. The molecule has 0 radical (unpaired) electrons. The van der Waals surface area contributed by atoms with Crippen LogP contribution in [-0.2, 0) is 0 Å². The third-order valence-electron chi connectivity index (χ3n) is 4.18. The third-order valence-corrected chi connectivity index (χ3v) is 4.18. The number of fused-ring (bicyclic) bond motifs is 1. The first-order valence-corrected chi connectivity index (χ1v) is 8.10. The molecule has 1 atom stereocenters. The Hall–Kier alpha value is -1.87. The van der Waals surface area contributed by atoms with E-state index in [0.717, 1.165) is 48.0 Å². The van der Waals surface area contributed by atoms with E-state index in [-0.39, 0.29) is 17.8 Å². The van der Waals surface area contributed by atoms with E-state index in [1.54, 1.807) is 0 Å². The predicted molar refractivity (Wildman–Crippen MR) is 89.6 cm³/mol. The highest BCUT2D eigenvalue weighted by molar-refractivity contribution is 6.10. The molecule has 0 aliphatic carbocycles. The number of Topliss-reactive ketones (excluding diaryl/α,β-unsaturated/α-hetero) is 1. The van der Waals surface area contributed by atoms with Gasteiger partial charge in [0, 0.05) is 23.4 Å². The maximum atomic E-state index is 12.9. The van der Waals surface area contributed by atoms with E-state index in [1.165, 1.54) is 0 Å². The molecule has 0 aromatic heterocycles. The van der Waals surface area contributed by atoms with Crippen molar-refractivity contribution >= 4 is 16.6 Å². The monoisotopic (exact) mass is 297 g/mol. The van der Waals surface area contributed by atoms with Crippen molar-refractivity contribution in [2.24, 2.45) is 5.92 Å². The average Bonchev–Trinajstić information content (AvgIpc) is 2.55. The molecule has 2 aromatic rings. The summed E-state index contributed by atoms with van der Waals surface area (Å²) in [6, 6.07) is 11.9. The first-order chi connectivity index (χ1) is 10.7. The van der Waals surface area contributed by atoms with Crippen molar-refractivity contribution in [3.8, 4) is 5.75 Å². The van der Waals surface area contributed by atoms with Gasteiger partial charge in [0.2, 0.25) is 0 Å². The number of nitrogens with one attached hydrogen (secondary N) is 1. The van der Waals surface area contributed by atoms with Gasteiger partial charge in [0.25, 0.3) is 0 Å². The molecule has 0 saturated carbocycles. The second kappa shape index (κ2) is 6.49. The summed E-state index contributed by atoms with van der Waals surface area (Å²) in [6.45, 7) is 5.84. The Bertz CT molecular complexity index is 672. The van der Waals surface area contributed by atoms with E-state index in [2.05, 4.69) is 5.32 Å². The van der Waals surface area contributed by atoms with Crippen LogP contribution in [0.4, 0.5) is 0 Å². The summed E-state index contributed by atoms with van der Waals surface area (Å²) in [5.41, 5.74) is 0.820. The maximum absolute atomic E-state index is 12.9. The molecule has 1 saturated heterocycles. The molecule has 3 nitrogen and oxygen atoms in total. The van der Waals surface area contributed by atoms with Gasteiger partial charge >= 0.3 is 0 Å². The lowest BCUT2D eigenvalue weighted by Crippen LogP contribution is -2.34. The molecule has 22 heavy (non-hydrogen) atoms. The number of carbonyl (C=O) groups excluding carboxylic acids is 1. The Kier molecular flexibility index (Phi) is 4.44. The van der Waals surface area contributed by atoms with Crippen LogP contribution in [0.25, 0.3) is 10.8 Å². The lowest BCUT2D eigenvalue weighted by atomic mass is 9.88. The van der Waals surface area contributed by atoms with Crippen molar-refractivity contribution in [1.82, 2.24) is 5.32 Å². The molecular weight excluding hydrogens is 274 g/mol. The van der Waals surface area contributed by atoms with Gasteiger partial charge in [-0.05, 0) is 50.8 Å². The van der Waals surface area contributed by atoms with E-state index in [0.29, 0.717) is 0 Å². The second-order valence-electron chi connectivity index (χ2n) is 6.23. The zero-order valence-corrected chi connectivity index (χ0v) is 13.3. The van der Waals surface area contributed by atoms with Crippen LogP contribution in [0.15, 0.2) is 36.4 Å². The van der Waals surface area contributed by atoms with Crippen molar-refractivity contribution in [1.29, 1.82) is 0 Å². The van der Waals surface area contributed by atoms with Crippen LogP contribution in [0.3, 0.4) is 0 Å². The first-order valence-electron chi connectivity index (χ1n) is 8.10. The van der Waals surface area contributed by atoms with Gasteiger partial charge in [-0.2, -0.15) is 0 Å². The summed E-state index contributed by atoms with van der Waals surface area (Å²) in [5.74, 6) is 1.19. The lowest BCUT2D eigenvalue weighted by molar-refractivity contribution is 0.0901. The maximum Gasteiger partial charge on any atom is 0.167 e. The van der Waals surface area contributed by atoms with Crippen molar-refractivity contribution in [3.05, 3.63) is 42.0 Å². The molecule has 2 aromatic carbocycles. The van der Waals surface area contributed by atoms with E-state index in [4.69, 9.17) is 4.74 Å². The van der Waals surface area contributed by atoms with Gasteiger partial charge in [0.1, 0.15) is 5.75 Å². The molecule has 3 rings (SSSR count). The molecule has 1 unspecified atom stereocenters. The van der Waals surface area contributed by atoms with E-state index in [1.807, 2.05) is 50.2 Å². The number of rotatable bonds is 4. The molecule has 1 aliphatic heterocycles. The standard InChI is InChI=1S/C19H23NO2/c1-13(2)22-18-10-9-17(15-7-3-4-8-16(15)18)19(21)14-6-5-11-20-12-14/h3-4,7-10,13-14,20H,5-6,11-12H2,1-2H3. The fraction of sp³-hybridized carbons (Fsp3) is 0.421. The van der Waals surface area contributed by atoms with Gasteiger partial charge in [-0.3, -0.25) is 4.79 Å². The summed E-state index contributed by atoms with van der Waals surface area (Å²) < 4.78 is 5.88. The summed E-state index contributed by atoms with van der Waals surface area (Å²) in [7, 11) is 0. The fourth-order valence-corrected chi connectivity index (χ4v) is 3.14. The molecule has 116 valence electrons. The predicted octanol–water partition coefficient (Wildman–Crippen LogP) is 3.81. The smallest absolute Gasteiger partial charge is 0.167 e. The van der Waals surface area contributed by atoms with Crippen LogP contribution in [0.2, 0.25) is 0 Å². The number of carbonyl (C=O) groups is 1. The lowest BCUT2D eigenvalue weighted by Gasteiger charge is -2.22. The molecule has 0 bridgehead atoms. The van der Waals surface area contributed by atoms with E-state index in [9.17, 15) is 4.79 Å². The Balaban J connectivity index is 2.01. The third kappa shape index (κ3) is 3.00. The molecular formula is C19H23NO2. The number of hydrogen-bond donors (Lipinski definition) is 1. The molecule has 1 N–H and O–H groups in total. The van der Waals surface area contributed by atoms with Crippen LogP contribution < -0.4 is 10.1 Å². The van der Waals surface area contributed by atoms with Crippen LogP contribution in [-0.4, -0.2) is 25.0 Å². The van der Waals surface area contributed by atoms with Gasteiger partial charge in [0.15, 0.2) is 5.78 Å². The molecule has 1 aliphatic rings. The summed E-state index contributed by atoms with van der Waals surface area (Å²) in [5, 5.41) is 5.34. The zero-order valence-electron chi connectivity index (χ0n) is 13.3. The fourth-order valence-electron chi connectivity index (χ4n) is 3.14. The van der Waals surface area contributed by atoms with Crippen LogP contribution >= 0.6 is 0 Å². The van der Waals surface area contributed by atoms with Gasteiger partial charge < -0.3 is 10.1 Å². The topological polar surface area (TPSA) is 38.3 Å². The van der Waals surface area contributed by atoms with Crippen molar-refractivity contribution in [2.75, 3.05) is 13.1 Å². The number of ketones is 1. The molecule has 1 fully saturated rings. The summed E-state index contributed by atoms with van der Waals surface area (Å²) >= 11 is 0. The SMILES string of the molecule is CC(C)Oc1ccc(C(=O)C2CCCNC2)c2ccccc12. The molecule has 1 heterocycles. The highest BCUT2D eigenvalue weighted by Crippen LogP contribution is 2.31.